The Labute approximate surface area is 111 Å². The summed E-state index contributed by atoms with van der Waals surface area (Å²) in [7, 11) is 0. The highest BCUT2D eigenvalue weighted by atomic mass is 16.2. The predicted octanol–water partition coefficient (Wildman–Crippen LogP) is 2.09. The van der Waals surface area contributed by atoms with Crippen molar-refractivity contribution in [2.45, 2.75) is 60.9 Å². The fraction of sp³-hybridized carbons (Fsp3) is 0.857. The van der Waals surface area contributed by atoms with E-state index in [2.05, 4.69) is 10.6 Å². The van der Waals surface area contributed by atoms with E-state index in [1.165, 1.54) is 0 Å². The lowest BCUT2D eigenvalue weighted by Gasteiger charge is -2.25. The van der Waals surface area contributed by atoms with Crippen LogP contribution >= 0.6 is 0 Å². The van der Waals surface area contributed by atoms with E-state index in [4.69, 9.17) is 0 Å². The molecule has 2 N–H and O–H groups in total. The molecular weight excluding hydrogens is 228 g/mol. The first kappa shape index (κ1) is 16.9. The Hall–Kier alpha value is -1.06. The van der Waals surface area contributed by atoms with Gasteiger partial charge in [0.25, 0.3) is 0 Å². The Morgan fingerprint density at radius 2 is 1.39 bits per heavy atom. The third-order valence-electron chi connectivity index (χ3n) is 2.70. The second kappa shape index (κ2) is 6.21. The topological polar surface area (TPSA) is 58.2 Å². The Morgan fingerprint density at radius 3 is 1.72 bits per heavy atom. The first-order valence-electron chi connectivity index (χ1n) is 6.57. The molecule has 0 aliphatic heterocycles. The first-order valence-corrected chi connectivity index (χ1v) is 6.57. The molecule has 0 fully saturated rings. The molecule has 0 rings (SSSR count). The first-order chi connectivity index (χ1) is 7.98. The van der Waals surface area contributed by atoms with Crippen LogP contribution in [0.4, 0.5) is 0 Å². The van der Waals surface area contributed by atoms with E-state index >= 15 is 0 Å². The van der Waals surface area contributed by atoms with Crippen LogP contribution in [0, 0.1) is 10.8 Å². The molecule has 0 heterocycles. The van der Waals surface area contributed by atoms with Crippen LogP contribution in [-0.4, -0.2) is 24.4 Å². The van der Waals surface area contributed by atoms with Gasteiger partial charge in [0, 0.05) is 23.4 Å². The van der Waals surface area contributed by atoms with Crippen molar-refractivity contribution in [3.8, 4) is 0 Å². The Morgan fingerprint density at radius 1 is 0.944 bits per heavy atom. The van der Waals surface area contributed by atoms with E-state index in [9.17, 15) is 9.59 Å². The Kier molecular flexibility index (Phi) is 5.84. The summed E-state index contributed by atoms with van der Waals surface area (Å²) in [6, 6.07) is -0.0111. The Balaban J connectivity index is 4.30. The Bertz CT molecular complexity index is 298. The lowest BCUT2D eigenvalue weighted by Crippen LogP contribution is -2.48. The number of nitrogens with one attached hydrogen (secondary N) is 2. The molecule has 0 spiro atoms. The largest absolute Gasteiger partial charge is 0.354 e. The highest BCUT2D eigenvalue weighted by Crippen LogP contribution is 2.14. The number of carbonyl (C=O) groups excluding carboxylic acids is 2. The summed E-state index contributed by atoms with van der Waals surface area (Å²) in [4.78, 5) is 23.6. The van der Waals surface area contributed by atoms with Crippen LogP contribution in [0.25, 0.3) is 0 Å². The van der Waals surface area contributed by atoms with Gasteiger partial charge in [-0.3, -0.25) is 9.59 Å². The van der Waals surface area contributed by atoms with E-state index < -0.39 is 10.8 Å². The fourth-order valence-electron chi connectivity index (χ4n) is 1.18. The van der Waals surface area contributed by atoms with Crippen molar-refractivity contribution in [2.24, 2.45) is 10.8 Å². The zero-order chi connectivity index (χ0) is 14.6. The van der Waals surface area contributed by atoms with Gasteiger partial charge >= 0.3 is 0 Å². The molecular formula is C14H28N2O2. The molecule has 106 valence electrons. The molecule has 0 bridgehead atoms. The summed E-state index contributed by atoms with van der Waals surface area (Å²) < 4.78 is 0. The summed E-state index contributed by atoms with van der Waals surface area (Å²) in [5.41, 5.74) is -0.798. The molecule has 0 saturated carbocycles. The highest BCUT2D eigenvalue weighted by molar-refractivity contribution is 5.82. The molecule has 0 aromatic rings. The zero-order valence-electron chi connectivity index (χ0n) is 12.8. The van der Waals surface area contributed by atoms with Gasteiger partial charge < -0.3 is 10.6 Å². The monoisotopic (exact) mass is 256 g/mol. The summed E-state index contributed by atoms with van der Waals surface area (Å²) >= 11 is 0. The molecule has 0 aliphatic carbocycles. The van der Waals surface area contributed by atoms with Gasteiger partial charge in [-0.25, -0.2) is 0 Å². The fourth-order valence-corrected chi connectivity index (χ4v) is 1.18. The molecule has 4 heteroatoms. The molecule has 18 heavy (non-hydrogen) atoms. The number of hydrogen-bond donors (Lipinski definition) is 2. The maximum Gasteiger partial charge on any atom is 0.225 e. The van der Waals surface area contributed by atoms with Crippen LogP contribution in [0.5, 0.6) is 0 Å². The van der Waals surface area contributed by atoms with Gasteiger partial charge in [0.05, 0.1) is 0 Å². The minimum Gasteiger partial charge on any atom is -0.354 e. The molecule has 0 radical (unpaired) electrons. The molecule has 0 aromatic carbocycles. The molecule has 1 unspecified atom stereocenters. The smallest absolute Gasteiger partial charge is 0.225 e. The summed E-state index contributed by atoms with van der Waals surface area (Å²) in [6.45, 7) is 13.7. The molecule has 0 aromatic heterocycles. The molecule has 4 nitrogen and oxygen atoms in total. The number of hydrogen-bond acceptors (Lipinski definition) is 2. The third kappa shape index (κ3) is 6.03. The van der Waals surface area contributed by atoms with Gasteiger partial charge in [0.1, 0.15) is 0 Å². The number of rotatable bonds is 4. The average molecular weight is 256 g/mol. The van der Waals surface area contributed by atoms with Crippen molar-refractivity contribution >= 4 is 11.8 Å². The van der Waals surface area contributed by atoms with Crippen molar-refractivity contribution in [1.82, 2.24) is 10.6 Å². The zero-order valence-corrected chi connectivity index (χ0v) is 12.8. The van der Waals surface area contributed by atoms with Gasteiger partial charge in [0.2, 0.25) is 11.8 Å². The van der Waals surface area contributed by atoms with Gasteiger partial charge in [-0.15, -0.1) is 0 Å². The predicted molar refractivity (Wildman–Crippen MR) is 74.1 cm³/mol. The summed E-state index contributed by atoms with van der Waals surface area (Å²) in [6.07, 6.45) is 0.798. The van der Waals surface area contributed by atoms with Gasteiger partial charge in [-0.05, 0) is 6.42 Å². The molecule has 0 aliphatic rings. The van der Waals surface area contributed by atoms with Crippen LogP contribution in [-0.2, 0) is 9.59 Å². The number of amides is 2. The average Bonchev–Trinajstić information content (AvgIpc) is 2.20. The normalized spacial score (nSPS) is 13.9. The van der Waals surface area contributed by atoms with Crippen molar-refractivity contribution in [2.75, 3.05) is 6.54 Å². The lowest BCUT2D eigenvalue weighted by molar-refractivity contribution is -0.131. The summed E-state index contributed by atoms with van der Waals surface area (Å²) in [5.74, 6) is 0.0188. The maximum atomic E-state index is 11.9. The molecule has 2 amide bonds. The van der Waals surface area contributed by atoms with Crippen LogP contribution in [0.1, 0.15) is 54.9 Å². The number of carbonyl (C=O) groups is 2. The van der Waals surface area contributed by atoms with Gasteiger partial charge in [-0.2, -0.15) is 0 Å². The van der Waals surface area contributed by atoms with Crippen LogP contribution in [0.3, 0.4) is 0 Å². The van der Waals surface area contributed by atoms with E-state index in [1.807, 2.05) is 48.5 Å². The minimum atomic E-state index is -0.401. The van der Waals surface area contributed by atoms with E-state index in [1.54, 1.807) is 0 Å². The van der Waals surface area contributed by atoms with Crippen LogP contribution in [0.15, 0.2) is 0 Å². The third-order valence-corrected chi connectivity index (χ3v) is 2.70. The second-order valence-corrected chi connectivity index (χ2v) is 6.79. The second-order valence-electron chi connectivity index (χ2n) is 6.79. The van der Waals surface area contributed by atoms with E-state index in [0.717, 1.165) is 6.42 Å². The van der Waals surface area contributed by atoms with E-state index in [0.29, 0.717) is 6.54 Å². The van der Waals surface area contributed by atoms with Crippen LogP contribution < -0.4 is 10.6 Å². The lowest BCUT2D eigenvalue weighted by atomic mass is 9.94. The van der Waals surface area contributed by atoms with E-state index in [-0.39, 0.29) is 17.9 Å². The van der Waals surface area contributed by atoms with Crippen molar-refractivity contribution in [3.63, 3.8) is 0 Å². The van der Waals surface area contributed by atoms with Gasteiger partial charge in [-0.1, -0.05) is 48.5 Å². The van der Waals surface area contributed by atoms with Crippen molar-refractivity contribution in [1.29, 1.82) is 0 Å². The minimum absolute atomic E-state index is 0.00552. The highest BCUT2D eigenvalue weighted by Gasteiger charge is 2.25. The standard InChI is InChI=1S/C14H28N2O2/c1-8-10(16-12(18)14(5,6)7)9-15-11(17)13(2,3)4/h10H,8-9H2,1-7H3,(H,15,17)(H,16,18). The van der Waals surface area contributed by atoms with Crippen LogP contribution in [0.2, 0.25) is 0 Å². The quantitative estimate of drug-likeness (QED) is 0.809. The van der Waals surface area contributed by atoms with Crippen molar-refractivity contribution < 1.29 is 9.59 Å². The maximum absolute atomic E-state index is 11.9. The molecule has 0 saturated heterocycles. The SMILES string of the molecule is CCC(CNC(=O)C(C)(C)C)NC(=O)C(C)(C)C. The summed E-state index contributed by atoms with van der Waals surface area (Å²) in [5, 5.41) is 5.84. The molecule has 1 atom stereocenters. The van der Waals surface area contributed by atoms with Crippen molar-refractivity contribution in [3.05, 3.63) is 0 Å². The van der Waals surface area contributed by atoms with Gasteiger partial charge in [0.15, 0.2) is 0 Å².